The highest BCUT2D eigenvalue weighted by Gasteiger charge is 2.59. The Balaban J connectivity index is 1.81. The Morgan fingerprint density at radius 3 is 2.80 bits per heavy atom. The number of carbonyl (C=O) groups is 1. The number of aliphatic hydroxyl groups excluding tert-OH is 1. The summed E-state index contributed by atoms with van der Waals surface area (Å²) in [6.07, 6.45) is -0.450. The molecule has 4 rings (SSSR count). The summed E-state index contributed by atoms with van der Waals surface area (Å²) in [7, 11) is 1.70. The maximum absolute atomic E-state index is 12.7. The average Bonchev–Trinajstić information content (AvgIpc) is 3.20. The summed E-state index contributed by atoms with van der Waals surface area (Å²) in [5, 5.41) is 20.7. The molecule has 2 fully saturated rings. The number of aliphatic hydroxyl groups is 1. The molecule has 2 saturated heterocycles. The Kier molecular flexibility index (Phi) is 3.46. The predicted octanol–water partition coefficient (Wildman–Crippen LogP) is 1.24. The van der Waals surface area contributed by atoms with E-state index < -0.39 is 23.7 Å². The van der Waals surface area contributed by atoms with Crippen LogP contribution in [0, 0.1) is 16.7 Å². The van der Waals surface area contributed by atoms with Gasteiger partial charge in [0.05, 0.1) is 29.6 Å². The number of rotatable bonds is 1. The van der Waals surface area contributed by atoms with Gasteiger partial charge in [0, 0.05) is 7.05 Å². The van der Waals surface area contributed by atoms with Gasteiger partial charge in [-0.2, -0.15) is 5.26 Å². The largest absolute Gasteiger partial charge is 0.454 e. The summed E-state index contributed by atoms with van der Waals surface area (Å²) >= 11 is 0. The average molecular weight is 343 g/mol. The van der Waals surface area contributed by atoms with Gasteiger partial charge in [-0.1, -0.05) is 6.07 Å². The maximum Gasteiger partial charge on any atom is 0.240 e. The molecule has 1 N–H and O–H groups in total. The Hall–Kier alpha value is -2.30. The molecule has 5 atom stereocenters. The number of hydrogen-bond acceptors (Lipinski definition) is 6. The third-order valence-corrected chi connectivity index (χ3v) is 5.83. The molecule has 1 aromatic carbocycles. The molecule has 3 aliphatic rings. The lowest BCUT2D eigenvalue weighted by molar-refractivity contribution is -0.165. The second-order valence-electron chi connectivity index (χ2n) is 7.31. The number of nitriles is 1. The van der Waals surface area contributed by atoms with Crippen molar-refractivity contribution in [3.05, 3.63) is 23.8 Å². The molecule has 25 heavy (non-hydrogen) atoms. The zero-order valence-corrected chi connectivity index (χ0v) is 14.5. The van der Waals surface area contributed by atoms with E-state index in [1.54, 1.807) is 16.8 Å². The third-order valence-electron chi connectivity index (χ3n) is 5.83. The molecule has 1 aromatic rings. The monoisotopic (exact) mass is 343 g/mol. The lowest BCUT2D eigenvalue weighted by Crippen LogP contribution is -2.63. The van der Waals surface area contributed by atoms with Crippen molar-refractivity contribution in [3.63, 3.8) is 0 Å². The molecule has 7 nitrogen and oxygen atoms in total. The fourth-order valence-corrected chi connectivity index (χ4v) is 4.29. The Morgan fingerprint density at radius 1 is 1.36 bits per heavy atom. The Bertz CT molecular complexity index is 776. The van der Waals surface area contributed by atoms with Gasteiger partial charge in [0.2, 0.25) is 12.7 Å². The van der Waals surface area contributed by atoms with Crippen molar-refractivity contribution in [2.45, 2.75) is 44.6 Å². The summed E-state index contributed by atoms with van der Waals surface area (Å²) in [5.41, 5.74) is 0.0549. The Morgan fingerprint density at radius 2 is 2.08 bits per heavy atom. The van der Waals surface area contributed by atoms with E-state index in [-0.39, 0.29) is 18.7 Å². The van der Waals surface area contributed by atoms with Gasteiger partial charge in [0.25, 0.3) is 0 Å². The van der Waals surface area contributed by atoms with Crippen molar-refractivity contribution < 1.29 is 19.4 Å². The Labute approximate surface area is 146 Å². The molecule has 0 aromatic heterocycles. The van der Waals surface area contributed by atoms with E-state index in [0.717, 1.165) is 5.56 Å². The van der Waals surface area contributed by atoms with Crippen molar-refractivity contribution in [3.8, 4) is 17.6 Å². The topological polar surface area (TPSA) is 86.0 Å². The van der Waals surface area contributed by atoms with E-state index in [1.807, 2.05) is 32.0 Å². The standard InChI is InChI=1S/C18H21N3O4/c1-10-16(22)21-12(17(23)20(10)3)7-18(2,8-19)15(21)11-4-5-13-14(6-11)25-9-24-13/h4-6,10,12,15-16,22H,7,9H2,1-3H3/t10-,12-,15-,16?,18+/m0/s1. The minimum Gasteiger partial charge on any atom is -0.454 e. The normalized spacial score (nSPS) is 37.1. The first-order valence-electron chi connectivity index (χ1n) is 8.40. The molecular formula is C18H21N3O4. The maximum atomic E-state index is 12.7. The number of piperazine rings is 1. The number of hydrogen-bond donors (Lipinski definition) is 1. The minimum atomic E-state index is -0.835. The smallest absolute Gasteiger partial charge is 0.240 e. The number of ether oxygens (including phenoxy) is 2. The zero-order valence-electron chi connectivity index (χ0n) is 14.5. The number of amides is 1. The van der Waals surface area contributed by atoms with Crippen LogP contribution in [0.25, 0.3) is 0 Å². The molecule has 3 heterocycles. The molecule has 0 aliphatic carbocycles. The molecule has 0 radical (unpaired) electrons. The minimum absolute atomic E-state index is 0.0532. The fraction of sp³-hybridized carbons (Fsp3) is 0.556. The van der Waals surface area contributed by atoms with Crippen molar-refractivity contribution in [1.29, 1.82) is 5.26 Å². The molecule has 3 aliphatic heterocycles. The number of nitrogens with zero attached hydrogens (tertiary/aromatic N) is 3. The summed E-state index contributed by atoms with van der Waals surface area (Å²) in [6, 6.07) is 6.70. The van der Waals surface area contributed by atoms with Crippen molar-refractivity contribution >= 4 is 5.91 Å². The molecule has 1 unspecified atom stereocenters. The van der Waals surface area contributed by atoms with Crippen LogP contribution in [0.4, 0.5) is 0 Å². The summed E-state index contributed by atoms with van der Waals surface area (Å²) in [4.78, 5) is 16.1. The molecule has 0 saturated carbocycles. The van der Waals surface area contributed by atoms with Crippen molar-refractivity contribution in [1.82, 2.24) is 9.80 Å². The van der Waals surface area contributed by atoms with Gasteiger partial charge in [0.15, 0.2) is 11.5 Å². The van der Waals surface area contributed by atoms with E-state index in [4.69, 9.17) is 9.47 Å². The van der Waals surface area contributed by atoms with Crippen LogP contribution in [0.2, 0.25) is 0 Å². The van der Waals surface area contributed by atoms with Crippen LogP contribution < -0.4 is 9.47 Å². The van der Waals surface area contributed by atoms with Crippen LogP contribution in [-0.2, 0) is 4.79 Å². The first kappa shape index (κ1) is 16.2. The highest BCUT2D eigenvalue weighted by atomic mass is 16.7. The van der Waals surface area contributed by atoms with Gasteiger partial charge in [-0.05, 0) is 38.0 Å². The number of fused-ring (bicyclic) bond motifs is 2. The summed E-state index contributed by atoms with van der Waals surface area (Å²) in [5.74, 6) is 1.24. The molecular weight excluding hydrogens is 322 g/mol. The highest BCUT2D eigenvalue weighted by molar-refractivity contribution is 5.83. The fourth-order valence-electron chi connectivity index (χ4n) is 4.29. The number of likely N-dealkylation sites (N-methyl/N-ethyl adjacent to an activating group) is 1. The molecule has 132 valence electrons. The van der Waals surface area contributed by atoms with Crippen molar-refractivity contribution in [2.24, 2.45) is 5.41 Å². The summed E-state index contributed by atoms with van der Waals surface area (Å²) in [6.45, 7) is 3.84. The summed E-state index contributed by atoms with van der Waals surface area (Å²) < 4.78 is 10.8. The number of carbonyl (C=O) groups excluding carboxylic acids is 1. The van der Waals surface area contributed by atoms with Crippen LogP contribution in [-0.4, -0.2) is 53.0 Å². The van der Waals surface area contributed by atoms with Crippen LogP contribution >= 0.6 is 0 Å². The van der Waals surface area contributed by atoms with Crippen LogP contribution in [0.3, 0.4) is 0 Å². The van der Waals surface area contributed by atoms with Gasteiger partial charge >= 0.3 is 0 Å². The van der Waals surface area contributed by atoms with E-state index >= 15 is 0 Å². The van der Waals surface area contributed by atoms with E-state index in [2.05, 4.69) is 6.07 Å². The first-order chi connectivity index (χ1) is 11.9. The van der Waals surface area contributed by atoms with Gasteiger partial charge in [-0.15, -0.1) is 0 Å². The lowest BCUT2D eigenvalue weighted by Gasteiger charge is -2.46. The second kappa shape index (κ2) is 5.35. The van der Waals surface area contributed by atoms with Crippen LogP contribution in [0.15, 0.2) is 18.2 Å². The quantitative estimate of drug-likeness (QED) is 0.826. The van der Waals surface area contributed by atoms with Gasteiger partial charge < -0.3 is 19.5 Å². The molecule has 0 spiro atoms. The third kappa shape index (κ3) is 2.14. The lowest BCUT2D eigenvalue weighted by atomic mass is 9.79. The van der Waals surface area contributed by atoms with Gasteiger partial charge in [-0.3, -0.25) is 9.69 Å². The van der Waals surface area contributed by atoms with E-state index in [9.17, 15) is 15.2 Å². The zero-order chi connectivity index (χ0) is 17.9. The van der Waals surface area contributed by atoms with Crippen LogP contribution in [0.1, 0.15) is 31.9 Å². The first-order valence-corrected chi connectivity index (χ1v) is 8.40. The molecule has 1 amide bonds. The van der Waals surface area contributed by atoms with Gasteiger partial charge in [0.1, 0.15) is 6.23 Å². The van der Waals surface area contributed by atoms with E-state index in [1.165, 1.54) is 0 Å². The molecule has 0 bridgehead atoms. The molecule has 7 heteroatoms. The highest BCUT2D eigenvalue weighted by Crippen LogP contribution is 2.53. The van der Waals surface area contributed by atoms with E-state index in [0.29, 0.717) is 17.9 Å². The number of benzene rings is 1. The van der Waals surface area contributed by atoms with Crippen molar-refractivity contribution in [2.75, 3.05) is 13.8 Å². The van der Waals surface area contributed by atoms with Gasteiger partial charge in [-0.25, -0.2) is 0 Å². The second-order valence-corrected chi connectivity index (χ2v) is 7.31. The van der Waals surface area contributed by atoms with Crippen LogP contribution in [0.5, 0.6) is 11.5 Å². The SMILES string of the molecule is C[C@H]1C(O)N2[C@@H](c3ccc4c(c3)OCO4)[C@@](C)(C#N)C[C@H]2C(=O)N1C. The predicted molar refractivity (Wildman–Crippen MR) is 87.5 cm³/mol.